The third kappa shape index (κ3) is 4.13. The van der Waals surface area contributed by atoms with Gasteiger partial charge in [-0.1, -0.05) is 30.3 Å². The van der Waals surface area contributed by atoms with E-state index < -0.39 is 6.10 Å². The van der Waals surface area contributed by atoms with Crippen molar-refractivity contribution in [1.82, 2.24) is 10.2 Å². The maximum absolute atomic E-state index is 12.0. The summed E-state index contributed by atoms with van der Waals surface area (Å²) in [5.74, 6) is 1.85. The first kappa shape index (κ1) is 15.6. The summed E-state index contributed by atoms with van der Waals surface area (Å²) in [6.07, 6.45) is 1.70. The fourth-order valence-corrected chi connectivity index (χ4v) is 2.52. The first-order chi connectivity index (χ1) is 11.1. The first-order valence-electron chi connectivity index (χ1n) is 7.94. The molecule has 0 saturated heterocycles. The molecule has 1 unspecified atom stereocenters. The Labute approximate surface area is 135 Å². The number of benzene rings is 1. The second-order valence-electron chi connectivity index (χ2n) is 6.08. The van der Waals surface area contributed by atoms with Crippen molar-refractivity contribution in [2.75, 3.05) is 13.6 Å². The summed E-state index contributed by atoms with van der Waals surface area (Å²) in [6.45, 7) is 0.694. The number of rotatable bonds is 6. The second kappa shape index (κ2) is 6.87. The van der Waals surface area contributed by atoms with Gasteiger partial charge in [0.05, 0.1) is 12.6 Å². The Kier molecular flexibility index (Phi) is 4.67. The van der Waals surface area contributed by atoms with Gasteiger partial charge in [-0.3, -0.25) is 0 Å². The van der Waals surface area contributed by atoms with E-state index in [1.165, 1.54) is 4.90 Å². The number of hydrogen-bond acceptors (Lipinski definition) is 3. The zero-order chi connectivity index (χ0) is 16.2. The Morgan fingerprint density at radius 2 is 2.04 bits per heavy atom. The molecule has 1 aromatic carbocycles. The normalized spacial score (nSPS) is 15.2. The van der Waals surface area contributed by atoms with Crippen LogP contribution in [0, 0.1) is 5.92 Å². The smallest absolute Gasteiger partial charge is 0.317 e. The van der Waals surface area contributed by atoms with Crippen LogP contribution in [0.25, 0.3) is 11.3 Å². The molecule has 0 bridgehead atoms. The Morgan fingerprint density at radius 1 is 1.30 bits per heavy atom. The van der Waals surface area contributed by atoms with Crippen LogP contribution in [0.15, 0.2) is 46.9 Å². The van der Waals surface area contributed by atoms with E-state index in [0.29, 0.717) is 24.8 Å². The summed E-state index contributed by atoms with van der Waals surface area (Å²) < 4.78 is 5.75. The molecule has 0 radical (unpaired) electrons. The first-order valence-corrected chi connectivity index (χ1v) is 7.94. The highest BCUT2D eigenvalue weighted by atomic mass is 16.3. The lowest BCUT2D eigenvalue weighted by Crippen LogP contribution is -2.41. The molecule has 5 nitrogen and oxygen atoms in total. The molecule has 1 atom stereocenters. The van der Waals surface area contributed by atoms with Crippen molar-refractivity contribution in [1.29, 1.82) is 0 Å². The fourth-order valence-electron chi connectivity index (χ4n) is 2.52. The lowest BCUT2D eigenvalue weighted by atomic mass is 10.2. The van der Waals surface area contributed by atoms with Gasteiger partial charge in [0, 0.05) is 19.2 Å². The molecular formula is C18H22N2O3. The topological polar surface area (TPSA) is 65.7 Å². The van der Waals surface area contributed by atoms with Crippen LogP contribution in [0.3, 0.4) is 0 Å². The number of urea groups is 1. The SMILES string of the molecule is CN(CC(O)C1CC1)C(=O)NCc1ccc(-c2ccccc2)o1. The molecule has 1 fully saturated rings. The van der Waals surface area contributed by atoms with E-state index in [2.05, 4.69) is 5.32 Å². The number of hydrogen-bond donors (Lipinski definition) is 2. The van der Waals surface area contributed by atoms with Gasteiger partial charge >= 0.3 is 6.03 Å². The third-order valence-corrected chi connectivity index (χ3v) is 4.11. The summed E-state index contributed by atoms with van der Waals surface area (Å²) in [4.78, 5) is 13.6. The minimum absolute atomic E-state index is 0.206. The number of nitrogens with one attached hydrogen (secondary N) is 1. The van der Waals surface area contributed by atoms with Crippen LogP contribution in [-0.4, -0.2) is 35.7 Å². The van der Waals surface area contributed by atoms with Crippen molar-refractivity contribution in [2.45, 2.75) is 25.5 Å². The van der Waals surface area contributed by atoms with E-state index in [1.54, 1.807) is 7.05 Å². The van der Waals surface area contributed by atoms with Crippen molar-refractivity contribution < 1.29 is 14.3 Å². The molecule has 2 aromatic rings. The molecule has 0 aliphatic heterocycles. The maximum atomic E-state index is 12.0. The highest BCUT2D eigenvalue weighted by Gasteiger charge is 2.31. The second-order valence-corrected chi connectivity index (χ2v) is 6.08. The number of carbonyl (C=O) groups excluding carboxylic acids is 1. The highest BCUT2D eigenvalue weighted by Crippen LogP contribution is 2.32. The maximum Gasteiger partial charge on any atom is 0.317 e. The van der Waals surface area contributed by atoms with Crippen LogP contribution in [0.5, 0.6) is 0 Å². The average molecular weight is 314 g/mol. The van der Waals surface area contributed by atoms with E-state index in [-0.39, 0.29) is 6.03 Å². The fraction of sp³-hybridized carbons (Fsp3) is 0.389. The largest absolute Gasteiger partial charge is 0.459 e. The van der Waals surface area contributed by atoms with Crippen LogP contribution in [0.1, 0.15) is 18.6 Å². The molecule has 1 aliphatic rings. The molecule has 122 valence electrons. The number of aliphatic hydroxyl groups is 1. The number of likely N-dealkylation sites (N-methyl/N-ethyl adjacent to an activating group) is 1. The number of amides is 2. The summed E-state index contributed by atoms with van der Waals surface area (Å²) >= 11 is 0. The molecular weight excluding hydrogens is 292 g/mol. The Morgan fingerprint density at radius 3 is 2.74 bits per heavy atom. The lowest BCUT2D eigenvalue weighted by Gasteiger charge is -2.20. The Hall–Kier alpha value is -2.27. The van der Waals surface area contributed by atoms with E-state index >= 15 is 0 Å². The standard InChI is InChI=1S/C18H22N2O3/c1-20(12-16(21)13-7-8-13)18(22)19-11-15-9-10-17(23-15)14-5-3-2-4-6-14/h2-6,9-10,13,16,21H,7-8,11-12H2,1H3,(H,19,22). The molecule has 3 rings (SSSR count). The van der Waals surface area contributed by atoms with E-state index in [1.807, 2.05) is 42.5 Å². The van der Waals surface area contributed by atoms with Crippen LogP contribution < -0.4 is 5.32 Å². The van der Waals surface area contributed by atoms with Gasteiger partial charge in [0.25, 0.3) is 0 Å². The average Bonchev–Trinajstić information content (AvgIpc) is 3.32. The van der Waals surface area contributed by atoms with E-state index in [9.17, 15) is 9.90 Å². The molecule has 1 saturated carbocycles. The molecule has 0 spiro atoms. The van der Waals surface area contributed by atoms with Crippen LogP contribution in [0.2, 0.25) is 0 Å². The van der Waals surface area contributed by atoms with Crippen LogP contribution in [0.4, 0.5) is 4.79 Å². The third-order valence-electron chi connectivity index (χ3n) is 4.11. The number of aliphatic hydroxyl groups excluding tert-OH is 1. The van der Waals surface area contributed by atoms with Gasteiger partial charge in [-0.25, -0.2) is 4.79 Å². The number of furan rings is 1. The van der Waals surface area contributed by atoms with Gasteiger partial charge in [-0.2, -0.15) is 0 Å². The predicted octanol–water partition coefficient (Wildman–Crippen LogP) is 2.86. The Bertz CT molecular complexity index is 649. The zero-order valence-corrected chi connectivity index (χ0v) is 13.2. The molecule has 1 aliphatic carbocycles. The summed E-state index contributed by atoms with van der Waals surface area (Å²) in [6, 6.07) is 13.4. The van der Waals surface area contributed by atoms with Crippen LogP contribution >= 0.6 is 0 Å². The zero-order valence-electron chi connectivity index (χ0n) is 13.2. The molecule has 1 heterocycles. The Balaban J connectivity index is 1.50. The van der Waals surface area contributed by atoms with E-state index in [0.717, 1.165) is 24.2 Å². The summed E-state index contributed by atoms with van der Waals surface area (Å²) in [5.41, 5.74) is 1.01. The summed E-state index contributed by atoms with van der Waals surface area (Å²) in [7, 11) is 1.69. The van der Waals surface area contributed by atoms with E-state index in [4.69, 9.17) is 4.42 Å². The van der Waals surface area contributed by atoms with Gasteiger partial charge < -0.3 is 19.7 Å². The monoisotopic (exact) mass is 314 g/mol. The minimum atomic E-state index is -0.418. The van der Waals surface area contributed by atoms with Gasteiger partial charge in [0.15, 0.2) is 0 Å². The molecule has 5 heteroatoms. The summed E-state index contributed by atoms with van der Waals surface area (Å²) in [5, 5.41) is 12.7. The van der Waals surface area contributed by atoms with Crippen molar-refractivity contribution >= 4 is 6.03 Å². The van der Waals surface area contributed by atoms with Gasteiger partial charge in [0.1, 0.15) is 11.5 Å². The van der Waals surface area contributed by atoms with Crippen molar-refractivity contribution in [3.63, 3.8) is 0 Å². The van der Waals surface area contributed by atoms with Crippen LogP contribution in [-0.2, 0) is 6.54 Å². The molecule has 2 N–H and O–H groups in total. The predicted molar refractivity (Wildman–Crippen MR) is 87.7 cm³/mol. The molecule has 2 amide bonds. The highest BCUT2D eigenvalue weighted by molar-refractivity contribution is 5.73. The quantitative estimate of drug-likeness (QED) is 0.861. The van der Waals surface area contributed by atoms with Crippen molar-refractivity contribution in [3.05, 3.63) is 48.2 Å². The van der Waals surface area contributed by atoms with Crippen molar-refractivity contribution in [2.24, 2.45) is 5.92 Å². The lowest BCUT2D eigenvalue weighted by molar-refractivity contribution is 0.113. The molecule has 23 heavy (non-hydrogen) atoms. The van der Waals surface area contributed by atoms with Gasteiger partial charge in [0.2, 0.25) is 0 Å². The molecule has 1 aromatic heterocycles. The van der Waals surface area contributed by atoms with Gasteiger partial charge in [-0.15, -0.1) is 0 Å². The van der Waals surface area contributed by atoms with Gasteiger partial charge in [-0.05, 0) is 30.9 Å². The number of carbonyl (C=O) groups is 1. The number of nitrogens with zero attached hydrogens (tertiary/aromatic N) is 1. The van der Waals surface area contributed by atoms with Crippen molar-refractivity contribution in [3.8, 4) is 11.3 Å². The minimum Gasteiger partial charge on any atom is -0.459 e.